The van der Waals surface area contributed by atoms with Crippen molar-refractivity contribution >= 4 is 17.8 Å². The first kappa shape index (κ1) is 45.1. The Labute approximate surface area is 294 Å². The van der Waals surface area contributed by atoms with E-state index >= 15 is 0 Å². The lowest BCUT2D eigenvalue weighted by molar-refractivity contribution is -0.147. The lowest BCUT2D eigenvalue weighted by Gasteiger charge is -2.15. The molecule has 0 aromatic heterocycles. The van der Waals surface area contributed by atoms with Crippen molar-refractivity contribution in [3.8, 4) is 0 Å². The van der Waals surface area contributed by atoms with Gasteiger partial charge in [0.15, 0.2) is 0 Å². The van der Waals surface area contributed by atoms with E-state index in [1.807, 2.05) is 0 Å². The number of carboxylic acids is 1. The second-order valence-corrected chi connectivity index (χ2v) is 12.8. The van der Waals surface area contributed by atoms with Crippen LogP contribution in [-0.4, -0.2) is 35.6 Å². The minimum absolute atomic E-state index is 0.0985. The Morgan fingerprint density at radius 1 is 0.583 bits per heavy atom. The fourth-order valence-corrected chi connectivity index (χ4v) is 5.30. The lowest BCUT2D eigenvalue weighted by Crippen LogP contribution is -2.28. The standard InChI is InChI=1S/C42H71NO5/c1-3-5-7-9-11-13-14-15-16-17-18-19-20-21-22-23-25-27-33-37-42(47)48-39(34-30-26-24-12-10-8-6-4-2)35-31-28-29-32-36-40(44)43-38-41(45)46/h5,7,11,13,15-16,18-19,30,34,39H,3-4,6,8-10,12,14,17,20-29,31-33,35-38H2,1-2H3,(H,43,44)(H,45,46)/b7-5-,13-11-,16-15-,19-18-,34-30-. The van der Waals surface area contributed by atoms with Crippen LogP contribution in [0.25, 0.3) is 0 Å². The van der Waals surface area contributed by atoms with Crippen molar-refractivity contribution in [3.05, 3.63) is 60.8 Å². The number of ether oxygens (including phenoxy) is 1. The monoisotopic (exact) mass is 670 g/mol. The Hall–Kier alpha value is -2.89. The average Bonchev–Trinajstić information content (AvgIpc) is 3.07. The van der Waals surface area contributed by atoms with Crippen molar-refractivity contribution in [3.63, 3.8) is 0 Å². The molecule has 274 valence electrons. The predicted molar refractivity (Wildman–Crippen MR) is 203 cm³/mol. The van der Waals surface area contributed by atoms with Gasteiger partial charge in [-0.15, -0.1) is 0 Å². The molecule has 1 unspecified atom stereocenters. The summed E-state index contributed by atoms with van der Waals surface area (Å²) >= 11 is 0. The van der Waals surface area contributed by atoms with Gasteiger partial charge in [-0.2, -0.15) is 0 Å². The van der Waals surface area contributed by atoms with Crippen molar-refractivity contribution in [1.29, 1.82) is 0 Å². The van der Waals surface area contributed by atoms with E-state index in [9.17, 15) is 14.4 Å². The van der Waals surface area contributed by atoms with Crippen LogP contribution in [0.4, 0.5) is 0 Å². The second-order valence-electron chi connectivity index (χ2n) is 12.8. The molecule has 1 amide bonds. The molecule has 0 bridgehead atoms. The highest BCUT2D eigenvalue weighted by Gasteiger charge is 2.12. The molecule has 0 aromatic rings. The molecule has 0 saturated heterocycles. The zero-order valence-electron chi connectivity index (χ0n) is 30.8. The summed E-state index contributed by atoms with van der Waals surface area (Å²) in [5.74, 6) is -1.35. The number of hydrogen-bond donors (Lipinski definition) is 2. The van der Waals surface area contributed by atoms with Gasteiger partial charge in [0.25, 0.3) is 0 Å². The molecule has 6 nitrogen and oxygen atoms in total. The smallest absolute Gasteiger partial charge is 0.322 e. The molecule has 48 heavy (non-hydrogen) atoms. The summed E-state index contributed by atoms with van der Waals surface area (Å²) in [7, 11) is 0. The van der Waals surface area contributed by atoms with Crippen molar-refractivity contribution in [2.24, 2.45) is 0 Å². The van der Waals surface area contributed by atoms with Gasteiger partial charge in [0.1, 0.15) is 12.6 Å². The van der Waals surface area contributed by atoms with Crippen molar-refractivity contribution in [2.45, 2.75) is 180 Å². The van der Waals surface area contributed by atoms with Crippen molar-refractivity contribution < 1.29 is 24.2 Å². The summed E-state index contributed by atoms with van der Waals surface area (Å²) in [6.45, 7) is 4.06. The lowest BCUT2D eigenvalue weighted by atomic mass is 10.1. The first-order valence-electron chi connectivity index (χ1n) is 19.4. The van der Waals surface area contributed by atoms with E-state index in [2.05, 4.69) is 79.9 Å². The predicted octanol–water partition coefficient (Wildman–Crippen LogP) is 11.7. The highest BCUT2D eigenvalue weighted by atomic mass is 16.5. The molecule has 1 atom stereocenters. The van der Waals surface area contributed by atoms with Crippen LogP contribution >= 0.6 is 0 Å². The number of aliphatic carboxylic acids is 1. The minimum atomic E-state index is -1.03. The van der Waals surface area contributed by atoms with Crippen LogP contribution in [0.3, 0.4) is 0 Å². The Bertz CT molecular complexity index is 917. The molecule has 0 radical (unpaired) electrons. The summed E-state index contributed by atoms with van der Waals surface area (Å²) in [6.07, 6.45) is 47.8. The first-order chi connectivity index (χ1) is 23.5. The number of hydrogen-bond acceptors (Lipinski definition) is 4. The van der Waals surface area contributed by atoms with E-state index in [0.29, 0.717) is 12.8 Å². The Kier molecular flexibility index (Phi) is 34.7. The molecule has 0 rings (SSSR count). The maximum Gasteiger partial charge on any atom is 0.322 e. The van der Waals surface area contributed by atoms with E-state index < -0.39 is 5.97 Å². The normalized spacial score (nSPS) is 12.7. The Morgan fingerprint density at radius 3 is 1.69 bits per heavy atom. The molecule has 0 aliphatic rings. The number of amides is 1. The number of esters is 1. The molecule has 0 aromatic carbocycles. The minimum Gasteiger partial charge on any atom is -0.480 e. The molecule has 0 heterocycles. The van der Waals surface area contributed by atoms with Crippen LogP contribution in [-0.2, 0) is 19.1 Å². The van der Waals surface area contributed by atoms with Gasteiger partial charge < -0.3 is 15.2 Å². The summed E-state index contributed by atoms with van der Waals surface area (Å²) in [6, 6.07) is 0. The highest BCUT2D eigenvalue weighted by molar-refractivity contribution is 5.80. The second kappa shape index (κ2) is 36.9. The maximum atomic E-state index is 12.6. The third-order valence-corrected chi connectivity index (χ3v) is 8.16. The van der Waals surface area contributed by atoms with Gasteiger partial charge in [-0.25, -0.2) is 0 Å². The molecule has 2 N–H and O–H groups in total. The molecule has 0 aliphatic heterocycles. The van der Waals surface area contributed by atoms with Gasteiger partial charge in [-0.1, -0.05) is 139 Å². The van der Waals surface area contributed by atoms with Gasteiger partial charge in [0.05, 0.1) is 0 Å². The van der Waals surface area contributed by atoms with Crippen LogP contribution in [0.5, 0.6) is 0 Å². The highest BCUT2D eigenvalue weighted by Crippen LogP contribution is 2.15. The number of unbranched alkanes of at least 4 members (excludes halogenated alkanes) is 15. The summed E-state index contributed by atoms with van der Waals surface area (Å²) in [4.78, 5) is 34.9. The number of carbonyl (C=O) groups excluding carboxylic acids is 2. The van der Waals surface area contributed by atoms with E-state index in [0.717, 1.165) is 89.9 Å². The number of allylic oxidation sites excluding steroid dienone is 9. The van der Waals surface area contributed by atoms with E-state index in [1.54, 1.807) is 0 Å². The van der Waals surface area contributed by atoms with E-state index in [1.165, 1.54) is 57.8 Å². The topological polar surface area (TPSA) is 92.7 Å². The fourth-order valence-electron chi connectivity index (χ4n) is 5.30. The van der Waals surface area contributed by atoms with Gasteiger partial charge in [0.2, 0.25) is 5.91 Å². The maximum absolute atomic E-state index is 12.6. The van der Waals surface area contributed by atoms with Crippen LogP contribution in [0, 0.1) is 0 Å². The van der Waals surface area contributed by atoms with Gasteiger partial charge in [-0.3, -0.25) is 14.4 Å². The molecular formula is C42H71NO5. The SMILES string of the molecule is CC/C=C\C/C=C\C/C=C\C/C=C\CCCCCCCCC(=O)OC(/C=C\CCCCCCCC)CCCCCCC(=O)NCC(=O)O. The van der Waals surface area contributed by atoms with Crippen molar-refractivity contribution in [1.82, 2.24) is 5.32 Å². The first-order valence-corrected chi connectivity index (χ1v) is 19.4. The molecule has 0 aliphatic carbocycles. The fraction of sp³-hybridized carbons (Fsp3) is 0.690. The number of carboxylic acid groups (broad SMARTS) is 1. The summed E-state index contributed by atoms with van der Waals surface area (Å²) in [5.41, 5.74) is 0. The number of rotatable bonds is 34. The molecule has 0 saturated carbocycles. The number of carbonyl (C=O) groups is 3. The van der Waals surface area contributed by atoms with Crippen LogP contribution in [0.2, 0.25) is 0 Å². The van der Waals surface area contributed by atoms with Crippen LogP contribution < -0.4 is 5.32 Å². The van der Waals surface area contributed by atoms with Crippen LogP contribution in [0.1, 0.15) is 174 Å². The Balaban J connectivity index is 4.13. The zero-order valence-corrected chi connectivity index (χ0v) is 30.8. The molecule has 6 heteroatoms. The Morgan fingerprint density at radius 2 is 1.08 bits per heavy atom. The average molecular weight is 670 g/mol. The third-order valence-electron chi connectivity index (χ3n) is 8.16. The van der Waals surface area contributed by atoms with E-state index in [4.69, 9.17) is 9.84 Å². The molecule has 0 spiro atoms. The molecular weight excluding hydrogens is 598 g/mol. The van der Waals surface area contributed by atoms with Gasteiger partial charge in [-0.05, 0) is 83.1 Å². The largest absolute Gasteiger partial charge is 0.480 e. The summed E-state index contributed by atoms with van der Waals surface area (Å²) < 4.78 is 5.88. The number of nitrogens with one attached hydrogen (secondary N) is 1. The van der Waals surface area contributed by atoms with E-state index in [-0.39, 0.29) is 24.5 Å². The third kappa shape index (κ3) is 36.0. The van der Waals surface area contributed by atoms with Gasteiger partial charge in [0, 0.05) is 12.8 Å². The van der Waals surface area contributed by atoms with Gasteiger partial charge >= 0.3 is 11.9 Å². The van der Waals surface area contributed by atoms with Crippen molar-refractivity contribution in [2.75, 3.05) is 6.54 Å². The van der Waals surface area contributed by atoms with Crippen LogP contribution in [0.15, 0.2) is 60.8 Å². The zero-order chi connectivity index (χ0) is 35.2. The molecule has 0 fully saturated rings. The summed E-state index contributed by atoms with van der Waals surface area (Å²) in [5, 5.41) is 11.1. The quantitative estimate of drug-likeness (QED) is 0.0404.